The fourth-order valence-electron chi connectivity index (χ4n) is 1.77. The molecule has 0 atom stereocenters. The summed E-state index contributed by atoms with van der Waals surface area (Å²) in [4.78, 5) is 24.0. The lowest BCUT2D eigenvalue weighted by Gasteiger charge is -2.05. The largest absolute Gasteiger partial charge is 0.506 e. The van der Waals surface area contributed by atoms with Crippen LogP contribution >= 0.6 is 34.5 Å². The SMILES string of the molecule is O=C(Nc1nnc(Cl)s1)c1c(O)c2ccc(Cl)cc2oc1=O. The maximum atomic E-state index is 12.1. The first kappa shape index (κ1) is 14.8. The molecule has 2 heterocycles. The highest BCUT2D eigenvalue weighted by Gasteiger charge is 2.22. The molecule has 0 fully saturated rings. The lowest BCUT2D eigenvalue weighted by atomic mass is 10.1. The number of nitrogens with zero attached hydrogens (tertiary/aromatic N) is 2. The summed E-state index contributed by atoms with van der Waals surface area (Å²) in [7, 11) is 0. The number of amides is 1. The van der Waals surface area contributed by atoms with Crippen molar-refractivity contribution < 1.29 is 14.3 Å². The average molecular weight is 358 g/mol. The molecule has 3 rings (SSSR count). The molecule has 112 valence electrons. The van der Waals surface area contributed by atoms with Gasteiger partial charge in [0.2, 0.25) is 9.60 Å². The van der Waals surface area contributed by atoms with Crippen molar-refractivity contribution in [1.82, 2.24) is 10.2 Å². The minimum absolute atomic E-state index is 0.0745. The number of halogens is 2. The van der Waals surface area contributed by atoms with Crippen LogP contribution in [0, 0.1) is 0 Å². The molecule has 0 aliphatic carbocycles. The number of hydrogen-bond acceptors (Lipinski definition) is 7. The Morgan fingerprint density at radius 1 is 1.32 bits per heavy atom. The van der Waals surface area contributed by atoms with Crippen molar-refractivity contribution >= 4 is 56.5 Å². The third-order valence-corrected chi connectivity index (χ3v) is 3.86. The van der Waals surface area contributed by atoms with Crippen LogP contribution in [0.5, 0.6) is 5.75 Å². The number of nitrogens with one attached hydrogen (secondary N) is 1. The minimum Gasteiger partial charge on any atom is -0.506 e. The van der Waals surface area contributed by atoms with E-state index in [0.717, 1.165) is 11.3 Å². The average Bonchev–Trinajstić information content (AvgIpc) is 2.83. The van der Waals surface area contributed by atoms with Crippen LogP contribution < -0.4 is 10.9 Å². The zero-order valence-corrected chi connectivity index (χ0v) is 12.8. The Bertz CT molecular complexity index is 953. The summed E-state index contributed by atoms with van der Waals surface area (Å²) >= 11 is 12.3. The van der Waals surface area contributed by atoms with Crippen molar-refractivity contribution in [1.29, 1.82) is 0 Å². The minimum atomic E-state index is -1.000. The number of fused-ring (bicyclic) bond motifs is 1. The first-order valence-electron chi connectivity index (χ1n) is 5.71. The van der Waals surface area contributed by atoms with Gasteiger partial charge in [-0.1, -0.05) is 22.9 Å². The molecule has 0 aliphatic rings. The Morgan fingerprint density at radius 3 is 2.77 bits per heavy atom. The zero-order chi connectivity index (χ0) is 15.9. The van der Waals surface area contributed by atoms with Gasteiger partial charge < -0.3 is 9.52 Å². The summed E-state index contributed by atoms with van der Waals surface area (Å²) in [5.74, 6) is -1.38. The van der Waals surface area contributed by atoms with Crippen molar-refractivity contribution in [2.45, 2.75) is 0 Å². The molecule has 0 unspecified atom stereocenters. The Kier molecular flexibility index (Phi) is 3.73. The lowest BCUT2D eigenvalue weighted by molar-refractivity contribution is 0.102. The smallest absolute Gasteiger partial charge is 0.353 e. The first-order valence-corrected chi connectivity index (χ1v) is 7.28. The van der Waals surface area contributed by atoms with Gasteiger partial charge in [0.05, 0.1) is 5.39 Å². The van der Waals surface area contributed by atoms with E-state index in [2.05, 4.69) is 15.5 Å². The Hall–Kier alpha value is -2.16. The van der Waals surface area contributed by atoms with Crippen molar-refractivity contribution in [3.05, 3.63) is 43.7 Å². The monoisotopic (exact) mass is 357 g/mol. The number of rotatable bonds is 2. The molecule has 0 radical (unpaired) electrons. The lowest BCUT2D eigenvalue weighted by Crippen LogP contribution is -2.21. The van der Waals surface area contributed by atoms with E-state index in [9.17, 15) is 14.7 Å². The molecule has 3 aromatic rings. The van der Waals surface area contributed by atoms with E-state index in [1.165, 1.54) is 18.2 Å². The maximum Gasteiger partial charge on any atom is 0.353 e. The third kappa shape index (κ3) is 2.63. The molecular formula is C12H5Cl2N3O4S. The molecule has 0 saturated carbocycles. The highest BCUT2D eigenvalue weighted by Crippen LogP contribution is 2.29. The van der Waals surface area contributed by atoms with Gasteiger partial charge in [-0.25, -0.2) is 4.79 Å². The Balaban J connectivity index is 2.08. The van der Waals surface area contributed by atoms with Gasteiger partial charge >= 0.3 is 5.63 Å². The van der Waals surface area contributed by atoms with Crippen LogP contribution in [0.15, 0.2) is 27.4 Å². The standard InChI is InChI=1S/C12H5Cl2N3O4S/c13-4-1-2-5-6(3-4)21-10(20)7(8(5)18)9(19)15-12-17-16-11(14)22-12/h1-3,18H,(H,15,17,19). The van der Waals surface area contributed by atoms with E-state index in [-0.39, 0.29) is 20.6 Å². The number of carbonyl (C=O) groups excluding carboxylic acids is 1. The summed E-state index contributed by atoms with van der Waals surface area (Å²) in [5.41, 5.74) is -1.47. The summed E-state index contributed by atoms with van der Waals surface area (Å²) in [6.45, 7) is 0. The third-order valence-electron chi connectivity index (χ3n) is 2.69. The second-order valence-corrected chi connectivity index (χ2v) is 6.06. The van der Waals surface area contributed by atoms with E-state index in [0.29, 0.717) is 5.02 Å². The number of aromatic nitrogens is 2. The van der Waals surface area contributed by atoms with Gasteiger partial charge in [-0.15, -0.1) is 10.2 Å². The summed E-state index contributed by atoms with van der Waals surface area (Å²) in [6.07, 6.45) is 0. The first-order chi connectivity index (χ1) is 10.5. The molecule has 0 aliphatic heterocycles. The second-order valence-electron chi connectivity index (χ2n) is 4.07. The van der Waals surface area contributed by atoms with Crippen LogP contribution in [0.1, 0.15) is 10.4 Å². The van der Waals surface area contributed by atoms with Gasteiger partial charge in [-0.2, -0.15) is 0 Å². The number of benzene rings is 1. The van der Waals surface area contributed by atoms with Crippen molar-refractivity contribution in [2.24, 2.45) is 0 Å². The van der Waals surface area contributed by atoms with E-state index < -0.39 is 22.8 Å². The molecule has 22 heavy (non-hydrogen) atoms. The predicted octanol–water partition coefficient (Wildman–Crippen LogP) is 2.91. The molecule has 1 aromatic carbocycles. The van der Waals surface area contributed by atoms with Gasteiger partial charge in [-0.3, -0.25) is 10.1 Å². The van der Waals surface area contributed by atoms with Crippen LogP contribution in [0.3, 0.4) is 0 Å². The quantitative estimate of drug-likeness (QED) is 0.683. The fraction of sp³-hybridized carbons (Fsp3) is 0. The fourth-order valence-corrected chi connectivity index (χ4v) is 2.66. The highest BCUT2D eigenvalue weighted by molar-refractivity contribution is 7.19. The summed E-state index contributed by atoms with van der Waals surface area (Å²) in [6, 6.07) is 4.30. The summed E-state index contributed by atoms with van der Waals surface area (Å²) < 4.78 is 5.12. The van der Waals surface area contributed by atoms with E-state index in [1.54, 1.807) is 0 Å². The maximum absolute atomic E-state index is 12.1. The predicted molar refractivity (Wildman–Crippen MR) is 82.0 cm³/mol. The number of carbonyl (C=O) groups is 1. The van der Waals surface area contributed by atoms with Crippen LogP contribution in [0.25, 0.3) is 11.0 Å². The van der Waals surface area contributed by atoms with E-state index in [4.69, 9.17) is 27.6 Å². The van der Waals surface area contributed by atoms with Gasteiger partial charge in [0.25, 0.3) is 5.91 Å². The van der Waals surface area contributed by atoms with E-state index in [1.807, 2.05) is 0 Å². The molecule has 0 saturated heterocycles. The molecule has 0 bridgehead atoms. The highest BCUT2D eigenvalue weighted by atomic mass is 35.5. The molecule has 2 aromatic heterocycles. The van der Waals surface area contributed by atoms with Gasteiger partial charge in [-0.05, 0) is 23.7 Å². The number of anilines is 1. The van der Waals surface area contributed by atoms with Crippen LogP contribution in [-0.4, -0.2) is 21.2 Å². The van der Waals surface area contributed by atoms with Crippen LogP contribution in [-0.2, 0) is 0 Å². The Morgan fingerprint density at radius 2 is 2.09 bits per heavy atom. The molecule has 10 heteroatoms. The molecular weight excluding hydrogens is 353 g/mol. The van der Waals surface area contributed by atoms with E-state index >= 15 is 0 Å². The zero-order valence-electron chi connectivity index (χ0n) is 10.5. The molecule has 1 amide bonds. The molecule has 7 nitrogen and oxygen atoms in total. The van der Waals surface area contributed by atoms with Crippen molar-refractivity contribution in [3.63, 3.8) is 0 Å². The van der Waals surface area contributed by atoms with Gasteiger partial charge in [0.15, 0.2) is 5.56 Å². The summed E-state index contributed by atoms with van der Waals surface area (Å²) in [5, 5.41) is 20.2. The van der Waals surface area contributed by atoms with Gasteiger partial charge in [0, 0.05) is 11.1 Å². The normalized spacial score (nSPS) is 10.8. The van der Waals surface area contributed by atoms with Crippen LogP contribution in [0.2, 0.25) is 9.49 Å². The topological polar surface area (TPSA) is 105 Å². The molecule has 2 N–H and O–H groups in total. The number of hydrogen-bond donors (Lipinski definition) is 2. The second kappa shape index (κ2) is 5.56. The van der Waals surface area contributed by atoms with Crippen LogP contribution in [0.4, 0.5) is 5.13 Å². The van der Waals surface area contributed by atoms with Gasteiger partial charge in [0.1, 0.15) is 11.3 Å². The van der Waals surface area contributed by atoms with Crippen molar-refractivity contribution in [2.75, 3.05) is 5.32 Å². The number of aromatic hydroxyl groups is 1. The Labute approximate surface area is 136 Å². The van der Waals surface area contributed by atoms with Crippen molar-refractivity contribution in [3.8, 4) is 5.75 Å². The molecule has 0 spiro atoms.